The van der Waals surface area contributed by atoms with Crippen LogP contribution in [0.3, 0.4) is 0 Å². The van der Waals surface area contributed by atoms with Gasteiger partial charge >= 0.3 is 5.97 Å². The quantitative estimate of drug-likeness (QED) is 0.0383. The van der Waals surface area contributed by atoms with Crippen LogP contribution in [0.5, 0.6) is 5.75 Å². The number of esters is 1. The van der Waals surface area contributed by atoms with Gasteiger partial charge in [-0.1, -0.05) is 6.58 Å². The molecule has 0 spiro atoms. The Labute approximate surface area is 576 Å². The minimum Gasteiger partial charge on any atom is -0.426 e. The number of ether oxygens (including phenoxy) is 1. The summed E-state index contributed by atoms with van der Waals surface area (Å²) in [7, 11) is 13.0. The number of fused-ring (bicyclic) bond motifs is 6. The van der Waals surface area contributed by atoms with Crippen molar-refractivity contribution in [2.24, 2.45) is 0 Å². The van der Waals surface area contributed by atoms with Crippen molar-refractivity contribution >= 4 is 173 Å². The van der Waals surface area contributed by atoms with Gasteiger partial charge in [0.25, 0.3) is 23.6 Å². The summed E-state index contributed by atoms with van der Waals surface area (Å²) in [5.74, 6) is 2.33. The summed E-state index contributed by atoms with van der Waals surface area (Å²) in [6, 6.07) is 27.7. The molecule has 5 aliphatic rings. The Kier molecular flexibility index (Phi) is 19.8. The summed E-state index contributed by atoms with van der Waals surface area (Å²) in [6.45, 7) is 9.52. The molecular weight excluding hydrogens is 1310 g/mol. The molecule has 26 nitrogen and oxygen atoms in total. The van der Waals surface area contributed by atoms with Gasteiger partial charge in [-0.05, 0) is 133 Å². The van der Waals surface area contributed by atoms with Crippen LogP contribution in [0.4, 0.5) is 92.2 Å². The van der Waals surface area contributed by atoms with Gasteiger partial charge in [0.2, 0.25) is 23.8 Å². The fraction of sp³-hybridized carbons (Fsp3) is 0.254. The molecule has 4 N–H and O–H groups in total. The van der Waals surface area contributed by atoms with Crippen molar-refractivity contribution in [1.29, 1.82) is 0 Å². The van der Waals surface area contributed by atoms with Crippen LogP contribution in [0.25, 0.3) is 0 Å². The van der Waals surface area contributed by atoms with Crippen molar-refractivity contribution in [2.45, 2.75) is 18.9 Å². The van der Waals surface area contributed by atoms with E-state index in [1.807, 2.05) is 111 Å². The Hall–Kier alpha value is -10.4. The van der Waals surface area contributed by atoms with E-state index in [9.17, 15) is 28.8 Å². The number of hydrogen-bond donors (Lipinski definition) is 4. The minimum absolute atomic E-state index is 0.0706. The number of carbonyl (C=O) groups is 6. The SMILES string of the molecule is C=CC(=O)Nc1ccc(Nc2ncc3c(n2)N(C)c2ccsc2C(=O)N3C)cc1.CN1C(=O)c2sccc2N(C)c2nc(Nc3ccc(OC(=O)CCl)cc3)ncc21.CN1CCN(C2CCN(C(=O)c3ccc(Nc4ncc5c(n4)N(C)c4ccsc4C(=O)N5C)cc3)CC2)CC1. The van der Waals surface area contributed by atoms with E-state index in [0.717, 1.165) is 80.5 Å². The number of piperidine rings is 1. The zero-order chi connectivity index (χ0) is 68.2. The molecule has 97 heavy (non-hydrogen) atoms. The highest BCUT2D eigenvalue weighted by Gasteiger charge is 2.34. The number of thiophene rings is 3. The molecular formula is C67H68ClN19O7S3. The fourth-order valence-electron chi connectivity index (χ4n) is 11.5. The molecule has 2 fully saturated rings. The summed E-state index contributed by atoms with van der Waals surface area (Å²) in [6.07, 6.45) is 8.20. The van der Waals surface area contributed by atoms with Crippen LogP contribution in [0, 0.1) is 0 Å². The summed E-state index contributed by atoms with van der Waals surface area (Å²) >= 11 is 9.66. The lowest BCUT2D eigenvalue weighted by Crippen LogP contribution is -2.52. The Morgan fingerprint density at radius 3 is 1.29 bits per heavy atom. The number of halogens is 1. The second-order valence-corrected chi connectivity index (χ2v) is 26.1. The summed E-state index contributed by atoms with van der Waals surface area (Å²) < 4.78 is 5.05. The molecule has 5 aliphatic heterocycles. The normalized spacial score (nSPS) is 15.3. The number of aromatic nitrogens is 6. The Balaban J connectivity index is 0.000000141. The number of likely N-dealkylation sites (tertiary alicyclic amines) is 1. The van der Waals surface area contributed by atoms with Gasteiger partial charge in [0.15, 0.2) is 17.5 Å². The van der Waals surface area contributed by atoms with E-state index >= 15 is 0 Å². The van der Waals surface area contributed by atoms with Crippen molar-refractivity contribution in [3.8, 4) is 5.75 Å². The predicted octanol–water partition coefficient (Wildman–Crippen LogP) is 11.0. The van der Waals surface area contributed by atoms with Gasteiger partial charge in [0, 0.05) is 116 Å². The molecule has 3 aromatic carbocycles. The fourth-order valence-corrected chi connectivity index (χ4v) is 14.3. The number of amides is 5. The van der Waals surface area contributed by atoms with E-state index in [-0.39, 0.29) is 35.4 Å². The number of rotatable bonds is 12. The molecule has 6 aromatic heterocycles. The Morgan fingerprint density at radius 1 is 0.515 bits per heavy atom. The second-order valence-electron chi connectivity index (χ2n) is 23.1. The molecule has 0 bridgehead atoms. The molecule has 14 rings (SSSR count). The summed E-state index contributed by atoms with van der Waals surface area (Å²) in [5.41, 5.74) is 7.97. The minimum atomic E-state index is -0.518. The molecule has 0 aliphatic carbocycles. The third-order valence-corrected chi connectivity index (χ3v) is 19.9. The third-order valence-electron chi connectivity index (χ3n) is 17.0. The van der Waals surface area contributed by atoms with Gasteiger partial charge in [-0.3, -0.25) is 33.7 Å². The summed E-state index contributed by atoms with van der Waals surface area (Å²) in [4.78, 5) is 121. The second kappa shape index (κ2) is 28.9. The van der Waals surface area contributed by atoms with Gasteiger partial charge in [0.05, 0.1) is 35.7 Å². The molecule has 9 aromatic rings. The average molecular weight is 1380 g/mol. The van der Waals surface area contributed by atoms with E-state index < -0.39 is 5.97 Å². The number of hydrogen-bond acceptors (Lipinski definition) is 24. The van der Waals surface area contributed by atoms with Crippen LogP contribution in [0.1, 0.15) is 52.2 Å². The zero-order valence-electron chi connectivity index (χ0n) is 54.0. The summed E-state index contributed by atoms with van der Waals surface area (Å²) in [5, 5.41) is 17.9. The molecule has 30 heteroatoms. The average Bonchev–Trinajstić information content (AvgIpc) is 1.66. The first-order valence-electron chi connectivity index (χ1n) is 30.8. The van der Waals surface area contributed by atoms with E-state index in [1.54, 1.807) is 90.8 Å². The lowest BCUT2D eigenvalue weighted by Gasteiger charge is -2.42. The van der Waals surface area contributed by atoms with E-state index in [1.165, 1.54) is 40.1 Å². The molecule has 498 valence electrons. The maximum absolute atomic E-state index is 13.2. The smallest absolute Gasteiger partial charge is 0.326 e. The molecule has 2 saturated heterocycles. The topological polar surface area (TPSA) is 266 Å². The number of benzene rings is 3. The van der Waals surface area contributed by atoms with Crippen LogP contribution in [-0.2, 0) is 9.59 Å². The number of nitrogens with zero attached hydrogens (tertiary/aromatic N) is 15. The number of carbonyl (C=O) groups excluding carboxylic acids is 6. The van der Waals surface area contributed by atoms with Crippen LogP contribution in [0.15, 0.2) is 138 Å². The van der Waals surface area contributed by atoms with Gasteiger partial charge in [-0.15, -0.1) is 45.6 Å². The maximum atomic E-state index is 13.2. The van der Waals surface area contributed by atoms with Gasteiger partial charge in [-0.2, -0.15) is 15.0 Å². The largest absolute Gasteiger partial charge is 0.426 e. The molecule has 11 heterocycles. The van der Waals surface area contributed by atoms with Gasteiger partial charge in [0.1, 0.15) is 43.3 Å². The van der Waals surface area contributed by atoms with E-state index in [0.29, 0.717) is 95.7 Å². The van der Waals surface area contributed by atoms with Crippen molar-refractivity contribution < 1.29 is 33.5 Å². The first-order chi connectivity index (χ1) is 46.8. The van der Waals surface area contributed by atoms with Gasteiger partial charge in [-0.25, -0.2) is 15.0 Å². The molecule has 0 radical (unpaired) electrons. The lowest BCUT2D eigenvalue weighted by molar-refractivity contribution is -0.131. The first kappa shape index (κ1) is 66.6. The van der Waals surface area contributed by atoms with Crippen molar-refractivity contribution in [1.82, 2.24) is 44.6 Å². The predicted molar refractivity (Wildman–Crippen MR) is 384 cm³/mol. The van der Waals surface area contributed by atoms with E-state index in [2.05, 4.69) is 69.6 Å². The third kappa shape index (κ3) is 14.3. The molecule has 0 saturated carbocycles. The van der Waals surface area contributed by atoms with Crippen LogP contribution >= 0.6 is 45.6 Å². The highest BCUT2D eigenvalue weighted by Crippen LogP contribution is 2.44. The lowest BCUT2D eigenvalue weighted by atomic mass is 10.0. The maximum Gasteiger partial charge on any atom is 0.326 e. The number of alkyl halides is 1. The van der Waals surface area contributed by atoms with Crippen LogP contribution < -0.4 is 55.4 Å². The molecule has 5 amide bonds. The van der Waals surface area contributed by atoms with Crippen LogP contribution in [0.2, 0.25) is 0 Å². The van der Waals surface area contributed by atoms with Crippen molar-refractivity contribution in [3.05, 3.63) is 159 Å². The number of likely N-dealkylation sites (N-methyl/N-ethyl adjacent to an activating group) is 1. The number of nitrogens with one attached hydrogen (secondary N) is 4. The molecule has 0 atom stereocenters. The monoisotopic (exact) mass is 1380 g/mol. The highest BCUT2D eigenvalue weighted by molar-refractivity contribution is 7.13. The van der Waals surface area contributed by atoms with Crippen molar-refractivity contribution in [3.63, 3.8) is 0 Å². The first-order valence-corrected chi connectivity index (χ1v) is 33.9. The van der Waals surface area contributed by atoms with E-state index in [4.69, 9.17) is 21.3 Å². The number of piperazine rings is 1. The Morgan fingerprint density at radius 2 is 0.897 bits per heavy atom. The van der Waals surface area contributed by atoms with Gasteiger partial charge < -0.3 is 65.2 Å². The molecule has 0 unspecified atom stereocenters. The van der Waals surface area contributed by atoms with Crippen LogP contribution in [-0.4, -0.2) is 181 Å². The Bertz CT molecular complexity index is 4440. The zero-order valence-corrected chi connectivity index (χ0v) is 57.2. The number of anilines is 16. The van der Waals surface area contributed by atoms with Crippen molar-refractivity contribution in [2.75, 3.05) is 145 Å². The highest BCUT2D eigenvalue weighted by atomic mass is 35.5. The standard InChI is InChI=1S/C28H34N8O2S.C20H18N6O2S.C19H16ClN5O3S/c1-32-13-15-35(16-14-32)21-8-11-36(12-9-21)26(37)19-4-6-20(7-5-19)30-28-29-18-23-25(31-28)33(2)22-10-17-39-24(22)27(38)34(23)3;1-4-16(27)22-12-5-7-13(8-6-12)23-20-21-11-15-18(24-20)25(2)14-9-10-29-17(14)19(28)26(15)3;1-24-13-7-8-29-16(13)18(27)25(2)14-10-21-19(23-17(14)24)22-11-3-5-12(6-4-11)28-15(26)9-20/h4-7,10,17-18,21H,8-9,11-16H2,1-3H3,(H,29,30,31);4-11H,1H2,2-3H3,(H,22,27)(H,21,23,24);3-8,10H,9H2,1-2H3,(H,21,22,23).